The Kier molecular flexibility index (Phi) is 3.35. The average molecular weight is 269 g/mol. The van der Waals surface area contributed by atoms with E-state index in [1.165, 1.54) is 31.2 Å². The van der Waals surface area contributed by atoms with Crippen molar-refractivity contribution in [1.82, 2.24) is 0 Å². The van der Waals surface area contributed by atoms with E-state index in [1.54, 1.807) is 6.07 Å². The van der Waals surface area contributed by atoms with Gasteiger partial charge in [0, 0.05) is 5.33 Å². The van der Waals surface area contributed by atoms with Crippen LogP contribution in [0.2, 0.25) is 0 Å². The summed E-state index contributed by atoms with van der Waals surface area (Å²) in [6.07, 6.45) is 6.42. The van der Waals surface area contributed by atoms with Gasteiger partial charge in [0.1, 0.15) is 5.75 Å². The van der Waals surface area contributed by atoms with E-state index in [9.17, 15) is 5.11 Å². The quantitative estimate of drug-likeness (QED) is 0.825. The Balaban J connectivity index is 2.12. The molecule has 0 heterocycles. The summed E-state index contributed by atoms with van der Waals surface area (Å²) in [5, 5.41) is 10.5. The van der Waals surface area contributed by atoms with Gasteiger partial charge in [-0.3, -0.25) is 0 Å². The molecule has 1 N–H and O–H groups in total. The number of rotatable bonds is 3. The average Bonchev–Trinajstić information content (AvgIpc) is 2.67. The highest BCUT2D eigenvalue weighted by atomic mass is 79.9. The van der Waals surface area contributed by atoms with Gasteiger partial charge in [-0.05, 0) is 42.4 Å². The van der Waals surface area contributed by atoms with E-state index >= 15 is 0 Å². The molecule has 1 aromatic rings. The van der Waals surface area contributed by atoms with E-state index in [0.717, 1.165) is 11.8 Å². The van der Waals surface area contributed by atoms with Crippen LogP contribution in [0.1, 0.15) is 31.2 Å². The van der Waals surface area contributed by atoms with Crippen molar-refractivity contribution in [3.8, 4) is 5.75 Å². The van der Waals surface area contributed by atoms with E-state index in [2.05, 4.69) is 22.0 Å². The van der Waals surface area contributed by atoms with Crippen LogP contribution in [0.25, 0.3) is 0 Å². The number of hydrogen-bond donors (Lipinski definition) is 1. The first-order valence-corrected chi connectivity index (χ1v) is 6.70. The minimum Gasteiger partial charge on any atom is -0.508 e. The maximum absolute atomic E-state index is 9.43. The summed E-state index contributed by atoms with van der Waals surface area (Å²) in [6, 6.07) is 7.67. The molecule has 0 bridgehead atoms. The Bertz CT molecular complexity index is 329. The Hall–Kier alpha value is -0.500. The van der Waals surface area contributed by atoms with Crippen LogP contribution < -0.4 is 0 Å². The molecule has 0 unspecified atom stereocenters. The number of phenols is 1. The summed E-state index contributed by atoms with van der Waals surface area (Å²) in [7, 11) is 0. The van der Waals surface area contributed by atoms with Crippen molar-refractivity contribution in [3.63, 3.8) is 0 Å². The number of alkyl halides is 1. The van der Waals surface area contributed by atoms with Crippen LogP contribution in [0.4, 0.5) is 0 Å². The van der Waals surface area contributed by atoms with Crippen molar-refractivity contribution in [2.45, 2.75) is 32.1 Å². The minimum absolute atomic E-state index is 0.384. The molecule has 2 heteroatoms. The van der Waals surface area contributed by atoms with Crippen molar-refractivity contribution >= 4 is 15.9 Å². The molecule has 1 fully saturated rings. The smallest absolute Gasteiger partial charge is 0.115 e. The topological polar surface area (TPSA) is 20.2 Å². The van der Waals surface area contributed by atoms with Crippen LogP contribution in [0.3, 0.4) is 0 Å². The monoisotopic (exact) mass is 268 g/mol. The van der Waals surface area contributed by atoms with Crippen LogP contribution >= 0.6 is 15.9 Å². The maximum Gasteiger partial charge on any atom is 0.115 e. The molecule has 1 saturated carbocycles. The van der Waals surface area contributed by atoms with E-state index in [4.69, 9.17) is 0 Å². The highest BCUT2D eigenvalue weighted by molar-refractivity contribution is 9.09. The lowest BCUT2D eigenvalue weighted by Gasteiger charge is -2.26. The lowest BCUT2D eigenvalue weighted by molar-refractivity contribution is 0.346. The Labute approximate surface area is 99.6 Å². The van der Waals surface area contributed by atoms with Gasteiger partial charge in [-0.25, -0.2) is 0 Å². The van der Waals surface area contributed by atoms with Gasteiger partial charge in [0.15, 0.2) is 0 Å². The molecule has 0 spiro atoms. The zero-order valence-corrected chi connectivity index (χ0v) is 10.5. The second kappa shape index (κ2) is 4.56. The van der Waals surface area contributed by atoms with Crippen molar-refractivity contribution in [1.29, 1.82) is 0 Å². The van der Waals surface area contributed by atoms with Gasteiger partial charge >= 0.3 is 0 Å². The van der Waals surface area contributed by atoms with Gasteiger partial charge in [-0.1, -0.05) is 40.9 Å². The molecule has 1 aromatic carbocycles. The summed E-state index contributed by atoms with van der Waals surface area (Å²) in [4.78, 5) is 0. The summed E-state index contributed by atoms with van der Waals surface area (Å²) < 4.78 is 0. The van der Waals surface area contributed by atoms with Gasteiger partial charge < -0.3 is 5.11 Å². The fourth-order valence-electron chi connectivity index (χ4n) is 2.58. The van der Waals surface area contributed by atoms with Crippen molar-refractivity contribution in [3.05, 3.63) is 29.8 Å². The predicted molar refractivity (Wildman–Crippen MR) is 66.5 cm³/mol. The highest BCUT2D eigenvalue weighted by Gasteiger charge is 2.32. The molecule has 0 saturated heterocycles. The molecule has 1 aliphatic rings. The van der Waals surface area contributed by atoms with Crippen LogP contribution in [0.15, 0.2) is 24.3 Å². The molecule has 1 aliphatic carbocycles. The lowest BCUT2D eigenvalue weighted by Crippen LogP contribution is -2.21. The molecule has 0 atom stereocenters. The third kappa shape index (κ3) is 2.54. The number of phenolic OH excluding ortho intramolecular Hbond substituents is 1. The largest absolute Gasteiger partial charge is 0.508 e. The van der Waals surface area contributed by atoms with Crippen molar-refractivity contribution < 1.29 is 5.11 Å². The minimum atomic E-state index is 0.384. The van der Waals surface area contributed by atoms with E-state index in [-0.39, 0.29) is 0 Å². The first-order valence-electron chi connectivity index (χ1n) is 5.58. The van der Waals surface area contributed by atoms with Crippen LogP contribution in [0, 0.1) is 5.41 Å². The SMILES string of the molecule is Oc1cccc(CC2(CBr)CCCC2)c1. The fourth-order valence-corrected chi connectivity index (χ4v) is 3.34. The molecule has 82 valence electrons. The molecule has 0 aromatic heterocycles. The summed E-state index contributed by atoms with van der Waals surface area (Å²) in [5.41, 5.74) is 1.70. The van der Waals surface area contributed by atoms with Gasteiger partial charge in [0.2, 0.25) is 0 Å². The zero-order valence-electron chi connectivity index (χ0n) is 8.88. The summed E-state index contributed by atoms with van der Waals surface area (Å²) in [6.45, 7) is 0. The first kappa shape index (κ1) is 11.0. The number of aromatic hydroxyl groups is 1. The third-order valence-electron chi connectivity index (χ3n) is 3.44. The van der Waals surface area contributed by atoms with Gasteiger partial charge in [0.05, 0.1) is 0 Å². The molecule has 2 rings (SSSR count). The summed E-state index contributed by atoms with van der Waals surface area (Å²) >= 11 is 3.65. The normalized spacial score (nSPS) is 19.3. The molecular weight excluding hydrogens is 252 g/mol. The van der Waals surface area contributed by atoms with Crippen LogP contribution in [-0.4, -0.2) is 10.4 Å². The standard InChI is InChI=1S/C13H17BrO/c14-10-13(6-1-2-7-13)9-11-4-3-5-12(15)8-11/h3-5,8,15H,1-2,6-7,9-10H2. The van der Waals surface area contributed by atoms with E-state index in [1.807, 2.05) is 12.1 Å². The number of hydrogen-bond acceptors (Lipinski definition) is 1. The second-order valence-corrected chi connectivity index (χ2v) is 5.25. The Morgan fingerprint density at radius 1 is 1.27 bits per heavy atom. The third-order valence-corrected chi connectivity index (χ3v) is 4.63. The molecule has 1 nitrogen and oxygen atoms in total. The van der Waals surface area contributed by atoms with Crippen LogP contribution in [-0.2, 0) is 6.42 Å². The Morgan fingerprint density at radius 3 is 2.60 bits per heavy atom. The molecule has 0 amide bonds. The van der Waals surface area contributed by atoms with Gasteiger partial charge in [-0.15, -0.1) is 0 Å². The van der Waals surface area contributed by atoms with E-state index < -0.39 is 0 Å². The summed E-state index contributed by atoms with van der Waals surface area (Å²) in [5.74, 6) is 0.384. The molecular formula is C13H17BrO. The number of benzene rings is 1. The van der Waals surface area contributed by atoms with Gasteiger partial charge in [0.25, 0.3) is 0 Å². The number of halogens is 1. The van der Waals surface area contributed by atoms with Crippen molar-refractivity contribution in [2.75, 3.05) is 5.33 Å². The zero-order chi connectivity index (χ0) is 10.7. The van der Waals surface area contributed by atoms with E-state index in [0.29, 0.717) is 11.2 Å². The molecule has 0 radical (unpaired) electrons. The highest BCUT2D eigenvalue weighted by Crippen LogP contribution is 2.42. The predicted octanol–water partition coefficient (Wildman–Crippen LogP) is 3.89. The maximum atomic E-state index is 9.43. The van der Waals surface area contributed by atoms with Crippen LogP contribution in [0.5, 0.6) is 5.75 Å². The molecule has 0 aliphatic heterocycles. The lowest BCUT2D eigenvalue weighted by atomic mass is 9.82. The molecule has 15 heavy (non-hydrogen) atoms. The Morgan fingerprint density at radius 2 is 2.00 bits per heavy atom. The van der Waals surface area contributed by atoms with Crippen molar-refractivity contribution in [2.24, 2.45) is 5.41 Å². The fraction of sp³-hybridized carbons (Fsp3) is 0.538. The second-order valence-electron chi connectivity index (χ2n) is 4.69. The first-order chi connectivity index (χ1) is 7.24. The van der Waals surface area contributed by atoms with Gasteiger partial charge in [-0.2, -0.15) is 0 Å².